The standard InChI is InChI=1S/C20H15F4N5O/c21-15-6-3-12(19(30)28-14-4-5-14)7-11(15)1-2-13-8-29(9-20(22,23)24)18-16(13)17(25)26-10-27-18/h3,6-8,10,14H,4-5,9H2,(H,28,30)(H2,25,26,27). The number of anilines is 1. The summed E-state index contributed by atoms with van der Waals surface area (Å²) in [5, 5.41) is 2.95. The number of carbonyl (C=O) groups is 1. The van der Waals surface area contributed by atoms with Gasteiger partial charge in [-0.2, -0.15) is 13.2 Å². The minimum Gasteiger partial charge on any atom is -0.383 e. The number of fused-ring (bicyclic) bond motifs is 1. The van der Waals surface area contributed by atoms with Gasteiger partial charge < -0.3 is 15.6 Å². The number of hydrogen-bond donors (Lipinski definition) is 2. The van der Waals surface area contributed by atoms with Crippen molar-refractivity contribution in [1.82, 2.24) is 19.9 Å². The summed E-state index contributed by atoms with van der Waals surface area (Å²) in [6.45, 7) is -1.28. The van der Waals surface area contributed by atoms with Crippen molar-refractivity contribution in [3.63, 3.8) is 0 Å². The molecule has 154 valence electrons. The molecule has 1 saturated carbocycles. The Morgan fingerprint density at radius 2 is 1.97 bits per heavy atom. The summed E-state index contributed by atoms with van der Waals surface area (Å²) in [4.78, 5) is 19.8. The van der Waals surface area contributed by atoms with Crippen molar-refractivity contribution in [3.8, 4) is 11.8 Å². The average molecular weight is 417 g/mol. The van der Waals surface area contributed by atoms with Gasteiger partial charge in [-0.25, -0.2) is 14.4 Å². The lowest BCUT2D eigenvalue weighted by Crippen LogP contribution is -2.25. The lowest BCUT2D eigenvalue weighted by atomic mass is 10.1. The van der Waals surface area contributed by atoms with Crippen LogP contribution in [0.3, 0.4) is 0 Å². The van der Waals surface area contributed by atoms with Crippen molar-refractivity contribution < 1.29 is 22.4 Å². The second-order valence-corrected chi connectivity index (χ2v) is 6.94. The van der Waals surface area contributed by atoms with Crippen molar-refractivity contribution in [2.75, 3.05) is 5.73 Å². The molecule has 0 radical (unpaired) electrons. The maximum absolute atomic E-state index is 14.2. The van der Waals surface area contributed by atoms with Gasteiger partial charge in [0.25, 0.3) is 5.91 Å². The summed E-state index contributed by atoms with van der Waals surface area (Å²) in [7, 11) is 0. The third kappa shape index (κ3) is 4.20. The number of carbonyl (C=O) groups excluding carboxylic acids is 1. The van der Waals surface area contributed by atoms with Crippen LogP contribution in [-0.4, -0.2) is 32.7 Å². The smallest absolute Gasteiger partial charge is 0.383 e. The Labute approximate surface area is 168 Å². The van der Waals surface area contributed by atoms with Gasteiger partial charge in [0, 0.05) is 17.8 Å². The summed E-state index contributed by atoms with van der Waals surface area (Å²) in [5.74, 6) is 4.19. The quantitative estimate of drug-likeness (QED) is 0.507. The van der Waals surface area contributed by atoms with Gasteiger partial charge in [-0.05, 0) is 31.0 Å². The highest BCUT2D eigenvalue weighted by atomic mass is 19.4. The van der Waals surface area contributed by atoms with Crippen molar-refractivity contribution in [2.45, 2.75) is 31.6 Å². The number of nitrogen functional groups attached to an aromatic ring is 1. The Morgan fingerprint density at radius 1 is 1.23 bits per heavy atom. The molecule has 0 saturated heterocycles. The summed E-state index contributed by atoms with van der Waals surface area (Å²) in [6.07, 6.45) is -0.455. The number of nitrogens with zero attached hydrogens (tertiary/aromatic N) is 3. The molecular weight excluding hydrogens is 402 g/mol. The highest BCUT2D eigenvalue weighted by molar-refractivity contribution is 5.95. The lowest BCUT2D eigenvalue weighted by Gasteiger charge is -2.07. The fourth-order valence-electron chi connectivity index (χ4n) is 2.95. The lowest BCUT2D eigenvalue weighted by molar-refractivity contribution is -0.139. The summed E-state index contributed by atoms with van der Waals surface area (Å²) in [6, 6.07) is 3.91. The monoisotopic (exact) mass is 417 g/mol. The number of hydrogen-bond acceptors (Lipinski definition) is 4. The van der Waals surface area contributed by atoms with Gasteiger partial charge in [0.15, 0.2) is 0 Å². The van der Waals surface area contributed by atoms with Crippen LogP contribution in [0.5, 0.6) is 0 Å². The third-order valence-corrected chi connectivity index (χ3v) is 4.51. The number of nitrogens with one attached hydrogen (secondary N) is 1. The van der Waals surface area contributed by atoms with Gasteiger partial charge >= 0.3 is 6.18 Å². The van der Waals surface area contributed by atoms with Crippen LogP contribution in [0.4, 0.5) is 23.4 Å². The number of amides is 1. The van der Waals surface area contributed by atoms with E-state index in [0.29, 0.717) is 0 Å². The Kier molecular flexibility index (Phi) is 4.81. The minimum absolute atomic E-state index is 0.0258. The van der Waals surface area contributed by atoms with Crippen LogP contribution in [0.2, 0.25) is 0 Å². The molecule has 0 unspecified atom stereocenters. The molecule has 0 spiro atoms. The molecule has 3 N–H and O–H groups in total. The number of benzene rings is 1. The molecule has 0 bridgehead atoms. The topological polar surface area (TPSA) is 85.8 Å². The Bertz CT molecular complexity index is 1200. The van der Waals surface area contributed by atoms with Crippen molar-refractivity contribution in [2.24, 2.45) is 0 Å². The first-order valence-corrected chi connectivity index (χ1v) is 9.00. The van der Waals surface area contributed by atoms with Gasteiger partial charge in [-0.3, -0.25) is 4.79 Å². The van der Waals surface area contributed by atoms with Crippen molar-refractivity contribution >= 4 is 22.8 Å². The average Bonchev–Trinajstić information content (AvgIpc) is 3.41. The number of rotatable bonds is 3. The van der Waals surface area contributed by atoms with Gasteiger partial charge in [-0.1, -0.05) is 11.8 Å². The van der Waals surface area contributed by atoms with Crippen LogP contribution in [0.25, 0.3) is 11.0 Å². The molecule has 1 aromatic carbocycles. The first kappa shape index (κ1) is 19.7. The van der Waals surface area contributed by atoms with E-state index < -0.39 is 18.5 Å². The molecule has 3 aromatic rings. The number of aromatic nitrogens is 3. The molecule has 2 heterocycles. The van der Waals surface area contributed by atoms with E-state index in [0.717, 1.165) is 36.0 Å². The molecule has 4 rings (SSSR count). The molecule has 30 heavy (non-hydrogen) atoms. The number of nitrogens with two attached hydrogens (primary N) is 1. The highest BCUT2D eigenvalue weighted by Gasteiger charge is 2.29. The molecule has 1 aliphatic carbocycles. The van der Waals surface area contributed by atoms with Crippen molar-refractivity contribution in [3.05, 3.63) is 53.2 Å². The van der Waals surface area contributed by atoms with Crippen molar-refractivity contribution in [1.29, 1.82) is 0 Å². The molecular formula is C20H15F4N5O. The van der Waals surface area contributed by atoms with Crippen LogP contribution in [0.1, 0.15) is 34.3 Å². The third-order valence-electron chi connectivity index (χ3n) is 4.51. The first-order valence-electron chi connectivity index (χ1n) is 9.00. The molecule has 1 fully saturated rings. The van der Waals surface area contributed by atoms with Gasteiger partial charge in [-0.15, -0.1) is 0 Å². The maximum Gasteiger partial charge on any atom is 0.406 e. The Morgan fingerprint density at radius 3 is 2.67 bits per heavy atom. The van der Waals surface area contributed by atoms with Gasteiger partial charge in [0.2, 0.25) is 0 Å². The predicted octanol–water partition coefficient (Wildman–Crippen LogP) is 3.01. The number of halogens is 4. The highest BCUT2D eigenvalue weighted by Crippen LogP contribution is 2.27. The molecule has 6 nitrogen and oxygen atoms in total. The predicted molar refractivity (Wildman–Crippen MR) is 101 cm³/mol. The Hall–Kier alpha value is -3.61. The van der Waals surface area contributed by atoms with E-state index in [1.54, 1.807) is 0 Å². The van der Waals surface area contributed by atoms with Gasteiger partial charge in [0.05, 0.1) is 16.5 Å². The van der Waals surface area contributed by atoms with Crippen LogP contribution < -0.4 is 11.1 Å². The van der Waals surface area contributed by atoms with E-state index in [1.165, 1.54) is 12.1 Å². The second-order valence-electron chi connectivity index (χ2n) is 6.94. The van der Waals surface area contributed by atoms with E-state index in [4.69, 9.17) is 5.73 Å². The van der Waals surface area contributed by atoms with E-state index in [1.807, 2.05) is 0 Å². The fourth-order valence-corrected chi connectivity index (χ4v) is 2.95. The zero-order valence-electron chi connectivity index (χ0n) is 15.4. The van der Waals surface area contributed by atoms with Crippen LogP contribution in [0, 0.1) is 17.7 Å². The largest absolute Gasteiger partial charge is 0.406 e. The van der Waals surface area contributed by atoms with E-state index >= 15 is 0 Å². The molecule has 0 aliphatic heterocycles. The van der Waals surface area contributed by atoms with Gasteiger partial charge in [0.1, 0.15) is 30.2 Å². The van der Waals surface area contributed by atoms with E-state index in [9.17, 15) is 22.4 Å². The molecule has 1 aliphatic rings. The second kappa shape index (κ2) is 7.33. The van der Waals surface area contributed by atoms with Crippen LogP contribution >= 0.6 is 0 Å². The SMILES string of the molecule is Nc1ncnc2c1c(C#Cc1cc(C(=O)NC3CC3)ccc1F)cn2CC(F)(F)F. The van der Waals surface area contributed by atoms with E-state index in [-0.39, 0.29) is 45.5 Å². The molecule has 0 atom stereocenters. The minimum atomic E-state index is -4.48. The molecule has 10 heteroatoms. The summed E-state index contributed by atoms with van der Waals surface area (Å²) >= 11 is 0. The molecule has 2 aromatic heterocycles. The maximum atomic E-state index is 14.2. The van der Waals surface area contributed by atoms with Crippen LogP contribution in [-0.2, 0) is 6.54 Å². The Balaban J connectivity index is 1.73. The van der Waals surface area contributed by atoms with E-state index in [2.05, 4.69) is 27.1 Å². The molecule has 1 amide bonds. The number of alkyl halides is 3. The normalized spacial score (nSPS) is 13.7. The first-order chi connectivity index (χ1) is 14.2. The zero-order valence-corrected chi connectivity index (χ0v) is 15.4. The van der Waals surface area contributed by atoms with Crippen LogP contribution in [0.15, 0.2) is 30.7 Å². The fraction of sp³-hybridized carbons (Fsp3) is 0.250. The zero-order chi connectivity index (χ0) is 21.5. The summed E-state index contributed by atoms with van der Waals surface area (Å²) in [5.41, 5.74) is 6.09. The summed E-state index contributed by atoms with van der Waals surface area (Å²) < 4.78 is 53.7.